The SMILES string of the molecule is CC[n+]1ccccc1-c1ccc(OC)cc1.[I-]. The van der Waals surface area contributed by atoms with E-state index in [4.69, 9.17) is 4.74 Å². The van der Waals surface area contributed by atoms with Crippen molar-refractivity contribution in [1.29, 1.82) is 0 Å². The molecule has 0 spiro atoms. The second-order valence-electron chi connectivity index (χ2n) is 3.60. The highest BCUT2D eigenvalue weighted by atomic mass is 127. The van der Waals surface area contributed by atoms with Crippen molar-refractivity contribution in [2.24, 2.45) is 0 Å². The largest absolute Gasteiger partial charge is 1.00 e. The number of pyridine rings is 1. The van der Waals surface area contributed by atoms with E-state index in [0.717, 1.165) is 12.3 Å². The lowest BCUT2D eigenvalue weighted by atomic mass is 10.1. The van der Waals surface area contributed by atoms with Crippen molar-refractivity contribution in [3.8, 4) is 17.0 Å². The van der Waals surface area contributed by atoms with Crippen LogP contribution in [0.3, 0.4) is 0 Å². The summed E-state index contributed by atoms with van der Waals surface area (Å²) in [6.07, 6.45) is 2.10. The lowest BCUT2D eigenvalue weighted by molar-refractivity contribution is -0.682. The fraction of sp³-hybridized carbons (Fsp3) is 0.214. The zero-order valence-electron chi connectivity index (χ0n) is 10.1. The van der Waals surface area contributed by atoms with Crippen LogP contribution in [0.4, 0.5) is 0 Å². The lowest BCUT2D eigenvalue weighted by Gasteiger charge is -2.03. The van der Waals surface area contributed by atoms with Gasteiger partial charge in [-0.2, -0.15) is 4.57 Å². The number of aryl methyl sites for hydroxylation is 1. The minimum absolute atomic E-state index is 0. The Kier molecular flexibility index (Phi) is 5.41. The van der Waals surface area contributed by atoms with Gasteiger partial charge in [-0.25, -0.2) is 0 Å². The quantitative estimate of drug-likeness (QED) is 0.551. The van der Waals surface area contributed by atoms with Crippen molar-refractivity contribution in [3.05, 3.63) is 48.7 Å². The lowest BCUT2D eigenvalue weighted by Crippen LogP contribution is -3.00. The maximum Gasteiger partial charge on any atom is 0.212 e. The van der Waals surface area contributed by atoms with Gasteiger partial charge in [0.15, 0.2) is 6.20 Å². The smallest absolute Gasteiger partial charge is 0.212 e. The Balaban J connectivity index is 0.00000144. The molecule has 90 valence electrons. The van der Waals surface area contributed by atoms with Crippen LogP contribution in [-0.4, -0.2) is 7.11 Å². The number of nitrogens with zero attached hydrogens (tertiary/aromatic N) is 1. The van der Waals surface area contributed by atoms with Crippen molar-refractivity contribution < 1.29 is 33.3 Å². The predicted octanol–water partition coefficient (Wildman–Crippen LogP) is -0.326. The summed E-state index contributed by atoms with van der Waals surface area (Å²) in [7, 11) is 1.68. The zero-order valence-corrected chi connectivity index (χ0v) is 12.2. The molecule has 2 aromatic rings. The fourth-order valence-electron chi connectivity index (χ4n) is 1.78. The number of rotatable bonds is 3. The van der Waals surface area contributed by atoms with Gasteiger partial charge in [-0.05, 0) is 37.3 Å². The number of halogens is 1. The number of aromatic nitrogens is 1. The maximum absolute atomic E-state index is 5.15. The molecule has 0 aliphatic rings. The number of methoxy groups -OCH3 is 1. The molecule has 2 nitrogen and oxygen atoms in total. The summed E-state index contributed by atoms with van der Waals surface area (Å²) in [5.41, 5.74) is 2.44. The van der Waals surface area contributed by atoms with E-state index in [1.165, 1.54) is 11.3 Å². The molecule has 1 aromatic heterocycles. The molecular weight excluding hydrogens is 325 g/mol. The highest BCUT2D eigenvalue weighted by Gasteiger charge is 2.09. The number of hydrogen-bond donors (Lipinski definition) is 0. The normalized spacial score (nSPS) is 9.53. The van der Waals surface area contributed by atoms with Crippen LogP contribution in [0.25, 0.3) is 11.3 Å². The minimum Gasteiger partial charge on any atom is -1.00 e. The number of benzene rings is 1. The molecule has 0 radical (unpaired) electrons. The highest BCUT2D eigenvalue weighted by Crippen LogP contribution is 2.19. The Bertz CT molecular complexity index is 468. The molecule has 3 heteroatoms. The minimum atomic E-state index is 0. The summed E-state index contributed by atoms with van der Waals surface area (Å²) in [6.45, 7) is 3.12. The first kappa shape index (κ1) is 14.0. The molecule has 0 saturated heterocycles. The van der Waals surface area contributed by atoms with E-state index < -0.39 is 0 Å². The molecule has 0 saturated carbocycles. The topological polar surface area (TPSA) is 13.1 Å². The van der Waals surface area contributed by atoms with E-state index >= 15 is 0 Å². The first-order valence-corrected chi connectivity index (χ1v) is 5.48. The van der Waals surface area contributed by atoms with Gasteiger partial charge in [-0.1, -0.05) is 0 Å². The van der Waals surface area contributed by atoms with Crippen molar-refractivity contribution >= 4 is 0 Å². The van der Waals surface area contributed by atoms with Crippen molar-refractivity contribution in [2.75, 3.05) is 7.11 Å². The summed E-state index contributed by atoms with van der Waals surface area (Å²) in [5.74, 6) is 0.891. The highest BCUT2D eigenvalue weighted by molar-refractivity contribution is 5.57. The third-order valence-electron chi connectivity index (χ3n) is 2.67. The van der Waals surface area contributed by atoms with Gasteiger partial charge in [-0.15, -0.1) is 0 Å². The van der Waals surface area contributed by atoms with Gasteiger partial charge in [0.2, 0.25) is 5.69 Å². The van der Waals surface area contributed by atoms with E-state index in [9.17, 15) is 0 Å². The van der Waals surface area contributed by atoms with Gasteiger partial charge in [0, 0.05) is 17.7 Å². The second kappa shape index (κ2) is 6.59. The summed E-state index contributed by atoms with van der Waals surface area (Å²) in [4.78, 5) is 0. The van der Waals surface area contributed by atoms with E-state index in [1.807, 2.05) is 12.1 Å². The summed E-state index contributed by atoms with van der Waals surface area (Å²) in [6, 6.07) is 14.4. The molecule has 0 amide bonds. The van der Waals surface area contributed by atoms with Crippen LogP contribution in [0.1, 0.15) is 6.92 Å². The van der Waals surface area contributed by atoms with Crippen LogP contribution >= 0.6 is 0 Å². The van der Waals surface area contributed by atoms with Gasteiger partial charge < -0.3 is 28.7 Å². The van der Waals surface area contributed by atoms with Crippen molar-refractivity contribution in [3.63, 3.8) is 0 Å². The number of hydrogen-bond acceptors (Lipinski definition) is 1. The summed E-state index contributed by atoms with van der Waals surface area (Å²) in [5, 5.41) is 0. The van der Waals surface area contributed by atoms with Crippen LogP contribution in [0.15, 0.2) is 48.7 Å². The van der Waals surface area contributed by atoms with E-state index in [2.05, 4.69) is 48.0 Å². The molecule has 0 bridgehead atoms. The zero-order chi connectivity index (χ0) is 11.4. The molecule has 0 atom stereocenters. The molecule has 0 aliphatic carbocycles. The van der Waals surface area contributed by atoms with Gasteiger partial charge in [0.25, 0.3) is 0 Å². The third-order valence-corrected chi connectivity index (χ3v) is 2.67. The molecule has 0 unspecified atom stereocenters. The Morgan fingerprint density at radius 1 is 1.06 bits per heavy atom. The van der Waals surface area contributed by atoms with Crippen LogP contribution in [0.2, 0.25) is 0 Å². The average molecular weight is 341 g/mol. The monoisotopic (exact) mass is 341 g/mol. The Hall–Kier alpha value is -1.10. The standard InChI is InChI=1S/C14H16NO.HI/c1-3-15-11-5-4-6-14(15)12-7-9-13(16-2)10-8-12;/h4-11H,3H2,1-2H3;1H/q+1;/p-1. The van der Waals surface area contributed by atoms with Crippen LogP contribution in [-0.2, 0) is 6.54 Å². The van der Waals surface area contributed by atoms with Gasteiger partial charge >= 0.3 is 0 Å². The summed E-state index contributed by atoms with van der Waals surface area (Å²) >= 11 is 0. The molecule has 2 rings (SSSR count). The van der Waals surface area contributed by atoms with E-state index in [0.29, 0.717) is 0 Å². The van der Waals surface area contributed by atoms with Gasteiger partial charge in [-0.3, -0.25) is 0 Å². The molecule has 17 heavy (non-hydrogen) atoms. The summed E-state index contributed by atoms with van der Waals surface area (Å²) < 4.78 is 7.38. The molecule has 1 heterocycles. The fourth-order valence-corrected chi connectivity index (χ4v) is 1.78. The Labute approximate surface area is 119 Å². The van der Waals surface area contributed by atoms with Crippen LogP contribution < -0.4 is 33.3 Å². The predicted molar refractivity (Wildman–Crippen MR) is 64.3 cm³/mol. The first-order chi connectivity index (χ1) is 7.85. The first-order valence-electron chi connectivity index (χ1n) is 5.48. The molecule has 0 N–H and O–H groups in total. The van der Waals surface area contributed by atoms with Crippen molar-refractivity contribution in [1.82, 2.24) is 0 Å². The Morgan fingerprint density at radius 3 is 2.35 bits per heavy atom. The average Bonchev–Trinajstić information content (AvgIpc) is 2.39. The van der Waals surface area contributed by atoms with Crippen LogP contribution in [0, 0.1) is 0 Å². The van der Waals surface area contributed by atoms with Crippen molar-refractivity contribution in [2.45, 2.75) is 13.5 Å². The Morgan fingerprint density at radius 2 is 1.76 bits per heavy atom. The molecular formula is C14H16INO. The number of ether oxygens (including phenoxy) is 1. The van der Waals surface area contributed by atoms with E-state index in [-0.39, 0.29) is 24.0 Å². The third kappa shape index (κ3) is 3.19. The van der Waals surface area contributed by atoms with Gasteiger partial charge in [0.05, 0.1) is 7.11 Å². The molecule has 0 fully saturated rings. The maximum atomic E-state index is 5.15. The molecule has 1 aromatic carbocycles. The van der Waals surface area contributed by atoms with E-state index in [1.54, 1.807) is 7.11 Å². The van der Waals surface area contributed by atoms with Gasteiger partial charge in [0.1, 0.15) is 12.3 Å². The second-order valence-corrected chi connectivity index (χ2v) is 3.60. The van der Waals surface area contributed by atoms with Crippen LogP contribution in [0.5, 0.6) is 5.75 Å². The molecule has 0 aliphatic heterocycles.